The zero-order valence-electron chi connectivity index (χ0n) is 12.8. The molecule has 5 heteroatoms. The number of benzene rings is 2. The fraction of sp³-hybridized carbons (Fsp3) is 0.278. The second-order valence-electron chi connectivity index (χ2n) is 5.46. The second-order valence-corrected chi connectivity index (χ2v) is 8.19. The minimum absolute atomic E-state index is 0.214. The van der Waals surface area contributed by atoms with Crippen LogP contribution in [0.3, 0.4) is 0 Å². The Morgan fingerprint density at radius 3 is 2.52 bits per heavy atom. The van der Waals surface area contributed by atoms with Crippen molar-refractivity contribution in [1.82, 2.24) is 0 Å². The molecule has 1 amide bonds. The van der Waals surface area contributed by atoms with E-state index in [0.29, 0.717) is 15.8 Å². The first-order chi connectivity index (χ1) is 11.1. The third kappa shape index (κ3) is 4.09. The molecule has 23 heavy (non-hydrogen) atoms. The molecule has 1 heterocycles. The minimum Gasteiger partial charge on any atom is -0.322 e. The van der Waals surface area contributed by atoms with Crippen molar-refractivity contribution in [3.63, 3.8) is 0 Å². The Bertz CT molecular complexity index is 697. The van der Waals surface area contributed by atoms with Crippen molar-refractivity contribution in [3.05, 3.63) is 65.0 Å². The van der Waals surface area contributed by atoms with Gasteiger partial charge in [-0.15, -0.1) is 23.5 Å². The number of thioether (sulfide) groups is 2. The summed E-state index contributed by atoms with van der Waals surface area (Å²) in [4.78, 5) is 12.3. The number of carbonyl (C=O) groups is 1. The maximum Gasteiger partial charge on any atom is 0.255 e. The summed E-state index contributed by atoms with van der Waals surface area (Å²) in [6, 6.07) is 12.1. The van der Waals surface area contributed by atoms with Gasteiger partial charge in [0.2, 0.25) is 0 Å². The van der Waals surface area contributed by atoms with Crippen LogP contribution in [0, 0.1) is 12.7 Å². The Balaban J connectivity index is 1.71. The fourth-order valence-corrected chi connectivity index (χ4v) is 5.29. The lowest BCUT2D eigenvalue weighted by Gasteiger charge is -2.21. The summed E-state index contributed by atoms with van der Waals surface area (Å²) >= 11 is 3.91. The number of anilines is 1. The molecule has 2 nitrogen and oxygen atoms in total. The summed E-state index contributed by atoms with van der Waals surface area (Å²) in [6.45, 7) is 1.84. The quantitative estimate of drug-likeness (QED) is 0.821. The average molecular weight is 347 g/mol. The number of rotatable bonds is 3. The van der Waals surface area contributed by atoms with E-state index >= 15 is 0 Å². The highest BCUT2D eigenvalue weighted by molar-refractivity contribution is 8.16. The molecule has 1 fully saturated rings. The van der Waals surface area contributed by atoms with Gasteiger partial charge in [0.05, 0.1) is 4.58 Å². The molecule has 0 bridgehead atoms. The number of carbonyl (C=O) groups excluding carboxylic acids is 1. The zero-order chi connectivity index (χ0) is 16.2. The summed E-state index contributed by atoms with van der Waals surface area (Å²) in [5.74, 6) is 1.82. The van der Waals surface area contributed by atoms with E-state index < -0.39 is 0 Å². The van der Waals surface area contributed by atoms with Gasteiger partial charge in [-0.25, -0.2) is 4.39 Å². The molecular weight excluding hydrogens is 329 g/mol. The van der Waals surface area contributed by atoms with Crippen molar-refractivity contribution in [2.75, 3.05) is 16.8 Å². The van der Waals surface area contributed by atoms with Gasteiger partial charge in [-0.1, -0.05) is 18.2 Å². The Labute approximate surface area is 144 Å². The molecule has 2 aromatic carbocycles. The highest BCUT2D eigenvalue weighted by atomic mass is 32.2. The Morgan fingerprint density at radius 1 is 1.13 bits per heavy atom. The predicted molar refractivity (Wildman–Crippen MR) is 97.8 cm³/mol. The maximum atomic E-state index is 13.3. The molecule has 0 spiro atoms. The molecule has 1 N–H and O–H groups in total. The highest BCUT2D eigenvalue weighted by Crippen LogP contribution is 2.43. The van der Waals surface area contributed by atoms with E-state index in [1.807, 2.05) is 54.7 Å². The predicted octanol–water partition coefficient (Wildman–Crippen LogP) is 5.26. The lowest BCUT2D eigenvalue weighted by Crippen LogP contribution is -2.13. The van der Waals surface area contributed by atoms with Gasteiger partial charge in [-0.3, -0.25) is 4.79 Å². The van der Waals surface area contributed by atoms with Crippen LogP contribution in [0.1, 0.15) is 32.5 Å². The molecule has 0 atom stereocenters. The van der Waals surface area contributed by atoms with Crippen LogP contribution in [0.4, 0.5) is 10.1 Å². The van der Waals surface area contributed by atoms with Gasteiger partial charge in [0.25, 0.3) is 5.91 Å². The van der Waals surface area contributed by atoms with E-state index in [-0.39, 0.29) is 11.7 Å². The van der Waals surface area contributed by atoms with Crippen LogP contribution in [0.25, 0.3) is 0 Å². The van der Waals surface area contributed by atoms with Crippen LogP contribution < -0.4 is 5.32 Å². The van der Waals surface area contributed by atoms with Crippen LogP contribution in [0.15, 0.2) is 42.5 Å². The standard InChI is InChI=1S/C18H18FNOS2/c1-12-3-8-15(19)11-16(12)20-17(21)13-4-6-14(7-5-13)18-22-9-2-10-23-18/h3-8,11,18H,2,9-10H2,1H3,(H,20,21). The number of amides is 1. The monoisotopic (exact) mass is 347 g/mol. The number of halogens is 1. The number of hydrogen-bond acceptors (Lipinski definition) is 3. The van der Waals surface area contributed by atoms with Gasteiger partial charge in [0.15, 0.2) is 0 Å². The van der Waals surface area contributed by atoms with Gasteiger partial charge in [0.1, 0.15) is 5.82 Å². The van der Waals surface area contributed by atoms with Crippen LogP contribution >= 0.6 is 23.5 Å². The molecule has 0 aliphatic carbocycles. The normalized spacial score (nSPS) is 15.4. The van der Waals surface area contributed by atoms with Crippen LogP contribution in [0.5, 0.6) is 0 Å². The third-order valence-corrected chi connectivity index (χ3v) is 6.74. The number of nitrogens with one attached hydrogen (secondary N) is 1. The lowest BCUT2D eigenvalue weighted by molar-refractivity contribution is 0.102. The van der Waals surface area contributed by atoms with Gasteiger partial charge in [-0.2, -0.15) is 0 Å². The van der Waals surface area contributed by atoms with Gasteiger partial charge < -0.3 is 5.32 Å². The van der Waals surface area contributed by atoms with Gasteiger partial charge in [0, 0.05) is 11.3 Å². The Morgan fingerprint density at radius 2 is 1.83 bits per heavy atom. The van der Waals surface area contributed by atoms with Gasteiger partial charge >= 0.3 is 0 Å². The first kappa shape index (κ1) is 16.4. The van der Waals surface area contributed by atoms with Crippen LogP contribution in [0.2, 0.25) is 0 Å². The summed E-state index contributed by atoms with van der Waals surface area (Å²) < 4.78 is 13.8. The maximum absolute atomic E-state index is 13.3. The van der Waals surface area contributed by atoms with Crippen molar-refractivity contribution in [2.24, 2.45) is 0 Å². The van der Waals surface area contributed by atoms with Crippen molar-refractivity contribution in [2.45, 2.75) is 17.9 Å². The topological polar surface area (TPSA) is 29.1 Å². The van der Waals surface area contributed by atoms with Crippen molar-refractivity contribution in [3.8, 4) is 0 Å². The van der Waals surface area contributed by atoms with Crippen molar-refractivity contribution in [1.29, 1.82) is 0 Å². The number of hydrogen-bond donors (Lipinski definition) is 1. The lowest BCUT2D eigenvalue weighted by atomic mass is 10.1. The zero-order valence-corrected chi connectivity index (χ0v) is 14.5. The van der Waals surface area contributed by atoms with E-state index in [0.717, 1.165) is 5.56 Å². The molecule has 120 valence electrons. The van der Waals surface area contributed by atoms with E-state index in [4.69, 9.17) is 0 Å². The molecule has 0 aromatic heterocycles. The summed E-state index contributed by atoms with van der Waals surface area (Å²) in [5.41, 5.74) is 3.19. The first-order valence-electron chi connectivity index (χ1n) is 7.54. The average Bonchev–Trinajstić information content (AvgIpc) is 2.59. The molecule has 1 aliphatic heterocycles. The van der Waals surface area contributed by atoms with E-state index in [1.165, 1.54) is 35.6 Å². The molecule has 0 unspecified atom stereocenters. The Hall–Kier alpha value is -1.46. The van der Waals surface area contributed by atoms with E-state index in [1.54, 1.807) is 6.07 Å². The molecule has 2 aromatic rings. The Kier molecular flexibility index (Phi) is 5.28. The molecule has 0 radical (unpaired) electrons. The van der Waals surface area contributed by atoms with E-state index in [2.05, 4.69) is 5.32 Å². The number of aryl methyl sites for hydroxylation is 1. The smallest absolute Gasteiger partial charge is 0.255 e. The summed E-state index contributed by atoms with van der Waals surface area (Å²) in [7, 11) is 0. The summed E-state index contributed by atoms with van der Waals surface area (Å²) in [6.07, 6.45) is 1.26. The van der Waals surface area contributed by atoms with E-state index in [9.17, 15) is 9.18 Å². The SMILES string of the molecule is Cc1ccc(F)cc1NC(=O)c1ccc(C2SCCCS2)cc1. The fourth-order valence-electron chi connectivity index (χ4n) is 2.40. The minimum atomic E-state index is -0.354. The van der Waals surface area contributed by atoms with Gasteiger partial charge in [-0.05, 0) is 60.2 Å². The summed E-state index contributed by atoms with van der Waals surface area (Å²) in [5, 5.41) is 2.78. The highest BCUT2D eigenvalue weighted by Gasteiger charge is 2.17. The van der Waals surface area contributed by atoms with Crippen LogP contribution in [-0.2, 0) is 0 Å². The molecule has 0 saturated carbocycles. The second kappa shape index (κ2) is 7.41. The molecule has 3 rings (SSSR count). The molecule has 1 saturated heterocycles. The molecular formula is C18H18FNOS2. The third-order valence-electron chi connectivity index (χ3n) is 3.72. The van der Waals surface area contributed by atoms with Crippen molar-refractivity contribution < 1.29 is 9.18 Å². The molecule has 1 aliphatic rings. The van der Waals surface area contributed by atoms with Crippen LogP contribution in [-0.4, -0.2) is 17.4 Å². The largest absolute Gasteiger partial charge is 0.322 e. The first-order valence-corrected chi connectivity index (χ1v) is 9.64. The van der Waals surface area contributed by atoms with Crippen molar-refractivity contribution >= 4 is 35.1 Å².